The number of rotatable bonds is 5. The van der Waals surface area contributed by atoms with Crippen LogP contribution in [0.3, 0.4) is 0 Å². The number of ketones is 1. The SMILES string of the molecule is CC12Cc3cnn(-c4ccccc4)c3C=C1CCC1C2C(O)CC2(C)C1CC[C@]2(O)C(=O)COc1ccc2ccccc2c1. The van der Waals surface area contributed by atoms with Crippen LogP contribution in [-0.4, -0.2) is 44.1 Å². The summed E-state index contributed by atoms with van der Waals surface area (Å²) < 4.78 is 8.01. The van der Waals surface area contributed by atoms with Gasteiger partial charge in [-0.1, -0.05) is 68.0 Å². The van der Waals surface area contributed by atoms with E-state index in [4.69, 9.17) is 9.84 Å². The van der Waals surface area contributed by atoms with E-state index in [1.165, 1.54) is 11.1 Å². The number of Topliss-reactive ketones (excluding diaryl/α,β-unsaturated/α-hetero) is 1. The molecule has 6 heteroatoms. The van der Waals surface area contributed by atoms with Crippen molar-refractivity contribution < 1.29 is 19.7 Å². The van der Waals surface area contributed by atoms with Crippen molar-refractivity contribution in [1.29, 1.82) is 0 Å². The Hall–Kier alpha value is -3.74. The molecular weight excluding hydrogens is 548 g/mol. The third-order valence-electron chi connectivity index (χ3n) is 12.1. The molecule has 0 aliphatic heterocycles. The Bertz CT molecular complexity index is 1790. The normalized spacial score (nSPS) is 34.0. The van der Waals surface area contributed by atoms with Crippen molar-refractivity contribution in [3.8, 4) is 11.4 Å². The molecule has 7 atom stereocenters. The lowest BCUT2D eigenvalue weighted by Crippen LogP contribution is -2.62. The van der Waals surface area contributed by atoms with E-state index in [1.54, 1.807) is 0 Å². The van der Waals surface area contributed by atoms with Crippen LogP contribution in [0.4, 0.5) is 0 Å². The van der Waals surface area contributed by atoms with Crippen molar-refractivity contribution in [1.82, 2.24) is 9.78 Å². The average Bonchev–Trinajstić information content (AvgIpc) is 3.55. The molecule has 3 saturated carbocycles. The Morgan fingerprint density at radius 3 is 2.61 bits per heavy atom. The van der Waals surface area contributed by atoms with E-state index in [-0.39, 0.29) is 35.6 Å². The molecule has 0 spiro atoms. The molecule has 3 aromatic carbocycles. The molecule has 2 N–H and O–H groups in total. The molecule has 1 aromatic heterocycles. The molecule has 8 rings (SSSR count). The number of hydrogen-bond acceptors (Lipinski definition) is 5. The maximum absolute atomic E-state index is 13.8. The number of fused-ring (bicyclic) bond motifs is 7. The maximum atomic E-state index is 13.8. The minimum atomic E-state index is -1.52. The van der Waals surface area contributed by atoms with Gasteiger partial charge in [-0.2, -0.15) is 5.10 Å². The van der Waals surface area contributed by atoms with Crippen LogP contribution in [0.1, 0.15) is 57.2 Å². The predicted octanol–water partition coefficient (Wildman–Crippen LogP) is 6.56. The minimum Gasteiger partial charge on any atom is -0.486 e. The van der Waals surface area contributed by atoms with Crippen LogP contribution in [0.5, 0.6) is 5.75 Å². The fourth-order valence-electron chi connectivity index (χ4n) is 9.95. The molecule has 4 aliphatic carbocycles. The number of aromatic nitrogens is 2. The van der Waals surface area contributed by atoms with Crippen molar-refractivity contribution in [3.63, 3.8) is 0 Å². The predicted molar refractivity (Wildman–Crippen MR) is 170 cm³/mol. The maximum Gasteiger partial charge on any atom is 0.202 e. The highest BCUT2D eigenvalue weighted by atomic mass is 16.5. The van der Waals surface area contributed by atoms with Gasteiger partial charge < -0.3 is 14.9 Å². The first-order chi connectivity index (χ1) is 21.2. The van der Waals surface area contributed by atoms with Gasteiger partial charge in [0.05, 0.1) is 23.7 Å². The van der Waals surface area contributed by atoms with Gasteiger partial charge in [0.25, 0.3) is 0 Å². The zero-order valence-electron chi connectivity index (χ0n) is 25.4. The van der Waals surface area contributed by atoms with Gasteiger partial charge in [-0.3, -0.25) is 4.79 Å². The molecule has 44 heavy (non-hydrogen) atoms. The second kappa shape index (κ2) is 9.88. The molecule has 6 nitrogen and oxygen atoms in total. The molecule has 226 valence electrons. The zero-order chi connectivity index (χ0) is 30.3. The number of aliphatic hydroxyl groups is 2. The van der Waals surface area contributed by atoms with E-state index in [0.29, 0.717) is 18.6 Å². The van der Waals surface area contributed by atoms with Gasteiger partial charge >= 0.3 is 0 Å². The highest BCUT2D eigenvalue weighted by Crippen LogP contribution is 2.67. The molecule has 0 saturated heterocycles. The number of hydrogen-bond donors (Lipinski definition) is 2. The smallest absolute Gasteiger partial charge is 0.202 e. The summed E-state index contributed by atoms with van der Waals surface area (Å²) in [6, 6.07) is 24.1. The fraction of sp³-hybridized carbons (Fsp3) is 0.421. The molecule has 4 aliphatic rings. The van der Waals surface area contributed by atoms with Crippen LogP contribution in [0.25, 0.3) is 22.5 Å². The Morgan fingerprint density at radius 1 is 1.02 bits per heavy atom. The standard InChI is InChI=1S/C38H40N2O4/c1-36-20-26-22-39-40(28-10-4-3-5-11-28)32(26)19-27(36)13-15-30-31-16-17-38(43,37(31,2)21-33(41)35(30)36)34(42)23-44-29-14-12-24-8-6-7-9-25(24)18-29/h3-12,14,18-19,22,30-31,33,35,41,43H,13,15-17,20-21,23H2,1-2H3/t30?,31?,33?,35?,36?,37?,38-/m0/s1. The number of para-hydroxylation sites is 1. The number of carbonyl (C=O) groups excluding carboxylic acids is 1. The Balaban J connectivity index is 1.04. The molecular formula is C38H40N2O4. The molecule has 1 heterocycles. The van der Waals surface area contributed by atoms with E-state index in [0.717, 1.165) is 47.8 Å². The number of carbonyl (C=O) groups is 1. The van der Waals surface area contributed by atoms with E-state index in [9.17, 15) is 15.0 Å². The van der Waals surface area contributed by atoms with E-state index in [1.807, 2.05) is 71.5 Å². The van der Waals surface area contributed by atoms with Crippen molar-refractivity contribution in [2.24, 2.45) is 28.6 Å². The molecule has 0 radical (unpaired) electrons. The van der Waals surface area contributed by atoms with Gasteiger partial charge in [0.15, 0.2) is 0 Å². The first-order valence-corrected chi connectivity index (χ1v) is 16.1. The number of allylic oxidation sites excluding steroid dienone is 1. The third kappa shape index (κ3) is 3.93. The Labute approximate surface area is 258 Å². The summed E-state index contributed by atoms with van der Waals surface area (Å²) >= 11 is 0. The monoisotopic (exact) mass is 588 g/mol. The van der Waals surface area contributed by atoms with Crippen LogP contribution >= 0.6 is 0 Å². The molecule has 0 amide bonds. The number of nitrogens with zero attached hydrogens (tertiary/aromatic N) is 2. The molecule has 4 aromatic rings. The first kappa shape index (κ1) is 27.8. The number of ether oxygens (including phenoxy) is 1. The quantitative estimate of drug-likeness (QED) is 0.276. The summed E-state index contributed by atoms with van der Waals surface area (Å²) in [6.45, 7) is 4.20. The van der Waals surface area contributed by atoms with Crippen molar-refractivity contribution in [3.05, 3.63) is 95.8 Å². The lowest BCUT2D eigenvalue weighted by atomic mass is 9.45. The van der Waals surface area contributed by atoms with E-state index < -0.39 is 17.1 Å². The van der Waals surface area contributed by atoms with Crippen LogP contribution in [0.15, 0.2) is 84.6 Å². The van der Waals surface area contributed by atoms with Gasteiger partial charge in [-0.15, -0.1) is 0 Å². The summed E-state index contributed by atoms with van der Waals surface area (Å²) in [5, 5.41) is 31.0. The average molecular weight is 589 g/mol. The van der Waals surface area contributed by atoms with Gasteiger partial charge in [0, 0.05) is 5.41 Å². The topological polar surface area (TPSA) is 84.6 Å². The zero-order valence-corrected chi connectivity index (χ0v) is 25.4. The van der Waals surface area contributed by atoms with E-state index in [2.05, 4.69) is 32.1 Å². The van der Waals surface area contributed by atoms with Crippen molar-refractivity contribution in [2.75, 3.05) is 6.61 Å². The highest BCUT2D eigenvalue weighted by Gasteiger charge is 2.68. The minimum absolute atomic E-state index is 0.0695. The van der Waals surface area contributed by atoms with Crippen molar-refractivity contribution >= 4 is 22.6 Å². The van der Waals surface area contributed by atoms with Gasteiger partial charge in [-0.05, 0) is 108 Å². The lowest BCUT2D eigenvalue weighted by molar-refractivity contribution is -0.180. The summed E-state index contributed by atoms with van der Waals surface area (Å²) in [5.41, 5.74) is 2.39. The van der Waals surface area contributed by atoms with Gasteiger partial charge in [0.1, 0.15) is 18.0 Å². The Kier molecular flexibility index (Phi) is 6.24. The second-order valence-electron chi connectivity index (χ2n) is 14.2. The fourth-order valence-corrected chi connectivity index (χ4v) is 9.95. The number of aliphatic hydroxyl groups excluding tert-OH is 1. The summed E-state index contributed by atoms with van der Waals surface area (Å²) in [4.78, 5) is 13.8. The summed E-state index contributed by atoms with van der Waals surface area (Å²) in [5.74, 6) is 0.813. The van der Waals surface area contributed by atoms with Crippen LogP contribution in [0, 0.1) is 28.6 Å². The van der Waals surface area contributed by atoms with E-state index >= 15 is 0 Å². The number of benzene rings is 3. The lowest BCUT2D eigenvalue weighted by Gasteiger charge is -2.60. The highest BCUT2D eigenvalue weighted by molar-refractivity contribution is 5.90. The molecule has 6 unspecified atom stereocenters. The summed E-state index contributed by atoms with van der Waals surface area (Å²) in [6.07, 6.45) is 8.07. The largest absolute Gasteiger partial charge is 0.486 e. The van der Waals surface area contributed by atoms with Crippen LogP contribution in [-0.2, 0) is 11.2 Å². The molecule has 0 bridgehead atoms. The summed E-state index contributed by atoms with van der Waals surface area (Å²) in [7, 11) is 0. The van der Waals surface area contributed by atoms with Crippen molar-refractivity contribution in [2.45, 2.75) is 64.1 Å². The van der Waals surface area contributed by atoms with Crippen LogP contribution in [0.2, 0.25) is 0 Å². The Morgan fingerprint density at radius 2 is 1.80 bits per heavy atom. The van der Waals surface area contributed by atoms with Crippen LogP contribution < -0.4 is 4.74 Å². The second-order valence-corrected chi connectivity index (χ2v) is 14.2. The third-order valence-corrected chi connectivity index (χ3v) is 12.1. The molecule has 3 fully saturated rings. The first-order valence-electron chi connectivity index (χ1n) is 16.1. The van der Waals surface area contributed by atoms with Gasteiger partial charge in [0.2, 0.25) is 5.78 Å². The van der Waals surface area contributed by atoms with Gasteiger partial charge in [-0.25, -0.2) is 4.68 Å².